The van der Waals surface area contributed by atoms with Crippen LogP contribution in [0, 0.1) is 0 Å². The summed E-state index contributed by atoms with van der Waals surface area (Å²) in [5, 5.41) is 0. The highest BCUT2D eigenvalue weighted by Crippen LogP contribution is 2.17. The van der Waals surface area contributed by atoms with Crippen molar-refractivity contribution in [3.8, 4) is 0 Å². The van der Waals surface area contributed by atoms with Gasteiger partial charge in [-0.2, -0.15) is 0 Å². The third-order valence-corrected chi connectivity index (χ3v) is 3.88. The SMILES string of the molecule is CC(C)N1CCOC(C(Cc2cccnc2N)NN)C1. The third-order valence-electron chi connectivity index (χ3n) is 3.88. The minimum Gasteiger partial charge on any atom is -0.383 e. The van der Waals surface area contributed by atoms with E-state index in [0.29, 0.717) is 18.3 Å². The quantitative estimate of drug-likeness (QED) is 0.525. The average molecular weight is 279 g/mol. The molecule has 2 rings (SSSR count). The Balaban J connectivity index is 2.03. The van der Waals surface area contributed by atoms with Crippen LogP contribution in [0.25, 0.3) is 0 Å². The van der Waals surface area contributed by atoms with Crippen LogP contribution in [0.4, 0.5) is 5.82 Å². The molecule has 0 aliphatic carbocycles. The van der Waals surface area contributed by atoms with Crippen molar-refractivity contribution >= 4 is 5.82 Å². The van der Waals surface area contributed by atoms with Crippen molar-refractivity contribution in [1.82, 2.24) is 15.3 Å². The number of aromatic nitrogens is 1. The summed E-state index contributed by atoms with van der Waals surface area (Å²) < 4.78 is 5.88. The van der Waals surface area contributed by atoms with Crippen molar-refractivity contribution in [2.75, 3.05) is 25.4 Å². The first-order valence-electron chi connectivity index (χ1n) is 7.13. The summed E-state index contributed by atoms with van der Waals surface area (Å²) in [4.78, 5) is 6.52. The number of hydrogen-bond donors (Lipinski definition) is 3. The summed E-state index contributed by atoms with van der Waals surface area (Å²) >= 11 is 0. The van der Waals surface area contributed by atoms with Gasteiger partial charge < -0.3 is 10.5 Å². The molecule has 20 heavy (non-hydrogen) atoms. The van der Waals surface area contributed by atoms with Crippen molar-refractivity contribution < 1.29 is 4.74 Å². The van der Waals surface area contributed by atoms with E-state index < -0.39 is 0 Å². The molecule has 0 bridgehead atoms. The fourth-order valence-corrected chi connectivity index (χ4v) is 2.57. The molecule has 1 fully saturated rings. The summed E-state index contributed by atoms with van der Waals surface area (Å²) in [5.74, 6) is 6.27. The summed E-state index contributed by atoms with van der Waals surface area (Å²) in [7, 11) is 0. The smallest absolute Gasteiger partial charge is 0.126 e. The van der Waals surface area contributed by atoms with Crippen LogP contribution in [0.15, 0.2) is 18.3 Å². The van der Waals surface area contributed by atoms with E-state index in [2.05, 4.69) is 29.2 Å². The van der Waals surface area contributed by atoms with Gasteiger partial charge in [0.2, 0.25) is 0 Å². The first-order chi connectivity index (χ1) is 9.61. The molecule has 6 nitrogen and oxygen atoms in total. The molecule has 0 radical (unpaired) electrons. The van der Waals surface area contributed by atoms with E-state index in [9.17, 15) is 0 Å². The number of nitrogens with two attached hydrogens (primary N) is 2. The van der Waals surface area contributed by atoms with Crippen LogP contribution in [0.2, 0.25) is 0 Å². The normalized spacial score (nSPS) is 22.1. The van der Waals surface area contributed by atoms with Crippen molar-refractivity contribution in [2.24, 2.45) is 5.84 Å². The van der Waals surface area contributed by atoms with E-state index >= 15 is 0 Å². The highest BCUT2D eigenvalue weighted by atomic mass is 16.5. The number of morpholine rings is 1. The zero-order chi connectivity index (χ0) is 14.5. The van der Waals surface area contributed by atoms with Gasteiger partial charge in [0.25, 0.3) is 0 Å². The van der Waals surface area contributed by atoms with E-state index in [0.717, 1.165) is 25.3 Å². The van der Waals surface area contributed by atoms with Gasteiger partial charge in [-0.15, -0.1) is 0 Å². The molecule has 5 N–H and O–H groups in total. The second-order valence-electron chi connectivity index (χ2n) is 5.52. The first-order valence-corrected chi connectivity index (χ1v) is 7.13. The maximum Gasteiger partial charge on any atom is 0.126 e. The molecule has 1 aromatic rings. The lowest BCUT2D eigenvalue weighted by Crippen LogP contribution is -2.56. The molecule has 1 saturated heterocycles. The molecule has 6 heteroatoms. The van der Waals surface area contributed by atoms with E-state index in [1.165, 1.54) is 0 Å². The van der Waals surface area contributed by atoms with Gasteiger partial charge in [-0.25, -0.2) is 4.98 Å². The lowest BCUT2D eigenvalue weighted by atomic mass is 10.0. The zero-order valence-corrected chi connectivity index (χ0v) is 12.2. The number of anilines is 1. The summed E-state index contributed by atoms with van der Waals surface area (Å²) in [6, 6.07) is 4.42. The maximum atomic E-state index is 5.90. The molecule has 1 aliphatic rings. The minimum atomic E-state index is 0.0306. The maximum absolute atomic E-state index is 5.90. The number of rotatable bonds is 5. The van der Waals surface area contributed by atoms with Gasteiger partial charge in [0, 0.05) is 25.3 Å². The second kappa shape index (κ2) is 6.99. The molecular formula is C14H25N5O. The van der Waals surface area contributed by atoms with Crippen LogP contribution in [-0.4, -0.2) is 47.8 Å². The van der Waals surface area contributed by atoms with E-state index in [4.69, 9.17) is 16.3 Å². The first kappa shape index (κ1) is 15.2. The van der Waals surface area contributed by atoms with Gasteiger partial charge in [-0.05, 0) is 31.9 Å². The zero-order valence-electron chi connectivity index (χ0n) is 12.2. The molecule has 0 aromatic carbocycles. The largest absolute Gasteiger partial charge is 0.383 e. The molecule has 1 aliphatic heterocycles. The van der Waals surface area contributed by atoms with Crippen molar-refractivity contribution in [3.05, 3.63) is 23.9 Å². The van der Waals surface area contributed by atoms with Gasteiger partial charge in [0.1, 0.15) is 5.82 Å². The summed E-state index contributed by atoms with van der Waals surface area (Å²) in [6.45, 7) is 7.00. The molecule has 2 atom stereocenters. The topological polar surface area (TPSA) is 89.4 Å². The highest BCUT2D eigenvalue weighted by molar-refractivity contribution is 5.39. The van der Waals surface area contributed by atoms with Crippen molar-refractivity contribution in [1.29, 1.82) is 0 Å². The van der Waals surface area contributed by atoms with Crippen LogP contribution in [-0.2, 0) is 11.2 Å². The van der Waals surface area contributed by atoms with Crippen molar-refractivity contribution in [2.45, 2.75) is 38.5 Å². The molecule has 0 saturated carbocycles. The standard InChI is InChI=1S/C14H25N5O/c1-10(2)19-6-7-20-13(9-19)12(18-16)8-11-4-3-5-17-14(11)15/h3-5,10,12-13,18H,6-9,16H2,1-2H3,(H2,15,17). The molecule has 0 spiro atoms. The molecule has 2 heterocycles. The summed E-state index contributed by atoms with van der Waals surface area (Å²) in [6.07, 6.45) is 2.48. The molecular weight excluding hydrogens is 254 g/mol. The number of nitrogens with one attached hydrogen (secondary N) is 1. The van der Waals surface area contributed by atoms with E-state index in [1.807, 2.05) is 12.1 Å². The van der Waals surface area contributed by atoms with Gasteiger partial charge in [0.05, 0.1) is 18.8 Å². The lowest BCUT2D eigenvalue weighted by Gasteiger charge is -2.38. The van der Waals surface area contributed by atoms with E-state index in [-0.39, 0.29) is 12.1 Å². The molecule has 2 unspecified atom stereocenters. The molecule has 0 amide bonds. The highest BCUT2D eigenvalue weighted by Gasteiger charge is 2.29. The van der Waals surface area contributed by atoms with Gasteiger partial charge in [-0.3, -0.25) is 16.2 Å². The Morgan fingerprint density at radius 2 is 2.35 bits per heavy atom. The number of nitrogens with zero attached hydrogens (tertiary/aromatic N) is 2. The lowest BCUT2D eigenvalue weighted by molar-refractivity contribution is -0.0552. The van der Waals surface area contributed by atoms with E-state index in [1.54, 1.807) is 6.20 Å². The van der Waals surface area contributed by atoms with Crippen LogP contribution >= 0.6 is 0 Å². The fraction of sp³-hybridized carbons (Fsp3) is 0.643. The summed E-state index contributed by atoms with van der Waals surface area (Å²) in [5.41, 5.74) is 9.77. The Bertz CT molecular complexity index is 426. The predicted octanol–water partition coefficient (Wildman–Crippen LogP) is 0.147. The van der Waals surface area contributed by atoms with Crippen LogP contribution < -0.4 is 17.0 Å². The van der Waals surface area contributed by atoms with Crippen molar-refractivity contribution in [3.63, 3.8) is 0 Å². The Labute approximate surface area is 120 Å². The van der Waals surface area contributed by atoms with Gasteiger partial charge in [0.15, 0.2) is 0 Å². The number of nitrogen functional groups attached to an aromatic ring is 1. The Morgan fingerprint density at radius 1 is 1.55 bits per heavy atom. The number of ether oxygens (including phenoxy) is 1. The van der Waals surface area contributed by atoms with Gasteiger partial charge in [-0.1, -0.05) is 6.07 Å². The Morgan fingerprint density at radius 3 is 3.00 bits per heavy atom. The molecule has 1 aromatic heterocycles. The van der Waals surface area contributed by atoms with Gasteiger partial charge >= 0.3 is 0 Å². The van der Waals surface area contributed by atoms with Crippen LogP contribution in [0.5, 0.6) is 0 Å². The number of hydrazine groups is 1. The predicted molar refractivity (Wildman–Crippen MR) is 79.9 cm³/mol. The Hall–Kier alpha value is -1.21. The fourth-order valence-electron chi connectivity index (χ4n) is 2.57. The Kier molecular flexibility index (Phi) is 5.31. The monoisotopic (exact) mass is 279 g/mol. The number of hydrogen-bond acceptors (Lipinski definition) is 6. The average Bonchev–Trinajstić information content (AvgIpc) is 2.46. The minimum absolute atomic E-state index is 0.0306. The van der Waals surface area contributed by atoms with Crippen LogP contribution in [0.3, 0.4) is 0 Å². The third kappa shape index (κ3) is 3.67. The second-order valence-corrected chi connectivity index (χ2v) is 5.52. The number of pyridine rings is 1. The van der Waals surface area contributed by atoms with Crippen LogP contribution in [0.1, 0.15) is 19.4 Å². The molecule has 112 valence electrons.